The Morgan fingerprint density at radius 3 is 2.44 bits per heavy atom. The van der Waals surface area contributed by atoms with Gasteiger partial charge < -0.3 is 9.47 Å². The molecule has 188 valence electrons. The van der Waals surface area contributed by atoms with E-state index >= 15 is 0 Å². The summed E-state index contributed by atoms with van der Waals surface area (Å²) in [4.78, 5) is 13.3. The molecular weight excluding hydrogens is 498 g/mol. The fraction of sp³-hybridized carbons (Fsp3) is 0.250. The smallest absolute Gasteiger partial charge is 0.335 e. The third-order valence-corrected chi connectivity index (χ3v) is 8.43. The Morgan fingerprint density at radius 2 is 1.78 bits per heavy atom. The number of carbonyl (C=O) groups is 1. The van der Waals surface area contributed by atoms with E-state index in [1.54, 1.807) is 73.7 Å². The molecule has 2 atom stereocenters. The summed E-state index contributed by atoms with van der Waals surface area (Å²) in [6, 6.07) is 19.3. The van der Waals surface area contributed by atoms with Gasteiger partial charge in [-0.15, -0.1) is 0 Å². The minimum atomic E-state index is -4.11. The van der Waals surface area contributed by atoms with E-state index in [1.165, 1.54) is 11.4 Å². The predicted octanol–water partition coefficient (Wildman–Crippen LogP) is 6.02. The van der Waals surface area contributed by atoms with Crippen LogP contribution in [-0.2, 0) is 19.6 Å². The largest absolute Gasteiger partial charge is 0.497 e. The van der Waals surface area contributed by atoms with E-state index in [1.807, 2.05) is 19.1 Å². The molecule has 0 saturated heterocycles. The molecule has 1 aliphatic heterocycles. The first-order valence-electron chi connectivity index (χ1n) is 11.6. The minimum Gasteiger partial charge on any atom is -0.497 e. The molecule has 0 aromatic heterocycles. The zero-order valence-corrected chi connectivity index (χ0v) is 21.9. The monoisotopic (exact) mass is 525 g/mol. The number of hydrogen-bond acceptors (Lipinski definition) is 5. The fourth-order valence-corrected chi connectivity index (χ4v) is 6.50. The number of sulfonamides is 1. The zero-order valence-electron chi connectivity index (χ0n) is 20.3. The highest BCUT2D eigenvalue weighted by Gasteiger charge is 2.45. The van der Waals surface area contributed by atoms with Crippen molar-refractivity contribution in [1.29, 1.82) is 0 Å². The standard InChI is InChI=1S/C28H28ClNO5S/c1-4-35-28(31)24-16-17-26(23-10-5-6-11-25(23)29)30(27(24)20-8-7-9-21(18-20)34-3)36(32,33)22-14-12-19(2)13-15-22/h5-16,18,26-27H,4,17H2,1-3H3/t26-,27-/m0/s1. The van der Waals surface area contributed by atoms with Crippen molar-refractivity contribution in [3.63, 3.8) is 0 Å². The molecule has 0 N–H and O–H groups in total. The van der Waals surface area contributed by atoms with Gasteiger partial charge in [0.25, 0.3) is 0 Å². The predicted molar refractivity (Wildman–Crippen MR) is 139 cm³/mol. The van der Waals surface area contributed by atoms with Crippen LogP contribution in [0.3, 0.4) is 0 Å². The molecule has 36 heavy (non-hydrogen) atoms. The fourth-order valence-electron chi connectivity index (χ4n) is 4.47. The van der Waals surface area contributed by atoms with Crippen molar-refractivity contribution in [2.75, 3.05) is 13.7 Å². The number of benzene rings is 3. The SMILES string of the molecule is CCOC(=O)C1=CC[C@@H](c2ccccc2Cl)N(S(=O)(=O)c2ccc(C)cc2)[C@H]1c1cccc(OC)c1. The van der Waals surface area contributed by atoms with Crippen molar-refractivity contribution < 1.29 is 22.7 Å². The van der Waals surface area contributed by atoms with E-state index in [2.05, 4.69) is 0 Å². The molecule has 8 heteroatoms. The molecule has 0 unspecified atom stereocenters. The lowest BCUT2D eigenvalue weighted by molar-refractivity contribution is -0.139. The summed E-state index contributed by atoms with van der Waals surface area (Å²) in [6.45, 7) is 3.78. The van der Waals surface area contributed by atoms with Gasteiger partial charge in [0.05, 0.1) is 36.3 Å². The first-order valence-corrected chi connectivity index (χ1v) is 13.5. The first kappa shape index (κ1) is 25.9. The lowest BCUT2D eigenvalue weighted by Gasteiger charge is -2.41. The highest BCUT2D eigenvalue weighted by molar-refractivity contribution is 7.89. The van der Waals surface area contributed by atoms with Crippen molar-refractivity contribution in [3.8, 4) is 5.75 Å². The summed E-state index contributed by atoms with van der Waals surface area (Å²) in [5.41, 5.74) is 2.43. The Morgan fingerprint density at radius 1 is 1.06 bits per heavy atom. The van der Waals surface area contributed by atoms with Crippen LogP contribution in [0.1, 0.15) is 42.1 Å². The summed E-state index contributed by atoms with van der Waals surface area (Å²) < 4.78 is 40.8. The van der Waals surface area contributed by atoms with E-state index in [9.17, 15) is 13.2 Å². The second-order valence-electron chi connectivity index (χ2n) is 8.48. The van der Waals surface area contributed by atoms with Gasteiger partial charge in [-0.1, -0.05) is 65.7 Å². The average molecular weight is 526 g/mol. The van der Waals surface area contributed by atoms with Crippen LogP contribution in [0.2, 0.25) is 5.02 Å². The molecule has 3 aromatic rings. The summed E-state index contributed by atoms with van der Waals surface area (Å²) in [5.74, 6) is -0.0182. The maximum atomic E-state index is 14.3. The number of aryl methyl sites for hydroxylation is 1. The van der Waals surface area contributed by atoms with E-state index in [0.717, 1.165) is 5.56 Å². The average Bonchev–Trinajstić information content (AvgIpc) is 2.88. The molecule has 0 spiro atoms. The number of ether oxygens (including phenoxy) is 2. The zero-order chi connectivity index (χ0) is 25.9. The Kier molecular flexibility index (Phi) is 7.83. The molecule has 0 radical (unpaired) electrons. The molecule has 6 nitrogen and oxygen atoms in total. The van der Waals surface area contributed by atoms with Gasteiger partial charge in [0.1, 0.15) is 5.75 Å². The molecule has 0 aliphatic carbocycles. The second kappa shape index (κ2) is 10.9. The third kappa shape index (κ3) is 5.05. The molecule has 0 fully saturated rings. The van der Waals surface area contributed by atoms with Crippen LogP contribution in [0.4, 0.5) is 0 Å². The molecule has 0 bridgehead atoms. The number of nitrogens with zero attached hydrogens (tertiary/aromatic N) is 1. The van der Waals surface area contributed by atoms with Gasteiger partial charge in [-0.05, 0) is 61.7 Å². The second-order valence-corrected chi connectivity index (χ2v) is 10.7. The number of hydrogen-bond donors (Lipinski definition) is 0. The molecule has 3 aromatic carbocycles. The van der Waals surface area contributed by atoms with Crippen LogP contribution in [0.15, 0.2) is 89.3 Å². The Hall–Kier alpha value is -3.13. The Labute approximate surface area is 217 Å². The number of carbonyl (C=O) groups excluding carboxylic acids is 1. The van der Waals surface area contributed by atoms with E-state index < -0.39 is 28.1 Å². The van der Waals surface area contributed by atoms with E-state index in [4.69, 9.17) is 21.1 Å². The summed E-state index contributed by atoms with van der Waals surface area (Å²) in [7, 11) is -2.57. The number of halogens is 1. The van der Waals surface area contributed by atoms with Crippen LogP contribution in [0, 0.1) is 6.92 Å². The third-order valence-electron chi connectivity index (χ3n) is 6.20. The van der Waals surface area contributed by atoms with Gasteiger partial charge in [0, 0.05) is 5.02 Å². The van der Waals surface area contributed by atoms with Gasteiger partial charge >= 0.3 is 5.97 Å². The Balaban J connectivity index is 2.00. The maximum Gasteiger partial charge on any atom is 0.335 e. The molecule has 0 amide bonds. The Bertz CT molecular complexity index is 1390. The first-order chi connectivity index (χ1) is 17.3. The van der Waals surface area contributed by atoms with Crippen molar-refractivity contribution >= 4 is 27.6 Å². The van der Waals surface area contributed by atoms with Crippen molar-refractivity contribution in [2.24, 2.45) is 0 Å². The number of methoxy groups -OCH3 is 1. The van der Waals surface area contributed by atoms with Crippen molar-refractivity contribution in [2.45, 2.75) is 37.2 Å². The van der Waals surface area contributed by atoms with Crippen LogP contribution in [0.5, 0.6) is 5.75 Å². The highest BCUT2D eigenvalue weighted by atomic mass is 35.5. The maximum absolute atomic E-state index is 14.3. The quantitative estimate of drug-likeness (QED) is 0.352. The minimum absolute atomic E-state index is 0.128. The van der Waals surface area contributed by atoms with E-state index in [0.29, 0.717) is 21.9 Å². The number of esters is 1. The van der Waals surface area contributed by atoms with Gasteiger partial charge in [-0.3, -0.25) is 0 Å². The lowest BCUT2D eigenvalue weighted by atomic mass is 9.89. The molecule has 1 heterocycles. The van der Waals surface area contributed by atoms with Crippen LogP contribution >= 0.6 is 11.6 Å². The van der Waals surface area contributed by atoms with E-state index in [-0.39, 0.29) is 23.5 Å². The highest BCUT2D eigenvalue weighted by Crippen LogP contribution is 2.47. The molecule has 1 aliphatic rings. The lowest BCUT2D eigenvalue weighted by Crippen LogP contribution is -2.42. The number of rotatable bonds is 7. The van der Waals surface area contributed by atoms with Gasteiger partial charge in [0.2, 0.25) is 10.0 Å². The van der Waals surface area contributed by atoms with Crippen molar-refractivity contribution in [1.82, 2.24) is 4.31 Å². The van der Waals surface area contributed by atoms with Gasteiger partial charge in [0.15, 0.2) is 0 Å². The van der Waals surface area contributed by atoms with Crippen LogP contribution in [-0.4, -0.2) is 32.4 Å². The van der Waals surface area contributed by atoms with Gasteiger partial charge in [-0.25, -0.2) is 13.2 Å². The summed E-state index contributed by atoms with van der Waals surface area (Å²) in [5, 5.41) is 0.448. The van der Waals surface area contributed by atoms with Crippen LogP contribution < -0.4 is 4.74 Å². The summed E-state index contributed by atoms with van der Waals surface area (Å²) in [6.07, 6.45) is 2.01. The molecule has 4 rings (SSSR count). The molecule has 0 saturated carbocycles. The normalized spacial score (nSPS) is 18.4. The van der Waals surface area contributed by atoms with Gasteiger partial charge in [-0.2, -0.15) is 4.31 Å². The summed E-state index contributed by atoms with van der Waals surface area (Å²) >= 11 is 6.58. The van der Waals surface area contributed by atoms with Crippen LogP contribution in [0.25, 0.3) is 0 Å². The topological polar surface area (TPSA) is 72.9 Å². The molecular formula is C28H28ClNO5S. The van der Waals surface area contributed by atoms with Crippen molar-refractivity contribution in [3.05, 3.63) is 106 Å².